The highest BCUT2D eigenvalue weighted by molar-refractivity contribution is 7.99. The maximum Gasteiger partial charge on any atom is 0.0186 e. The third-order valence-electron chi connectivity index (χ3n) is 2.59. The average Bonchev–Trinajstić information content (AvgIpc) is 2.16. The minimum absolute atomic E-state index is 0.727. The van der Waals surface area contributed by atoms with Gasteiger partial charge < -0.3 is 5.32 Å². The second-order valence-electron chi connectivity index (χ2n) is 3.40. The largest absolute Gasteiger partial charge is 0.313 e. The number of nitrogens with one attached hydrogen (secondary N) is 1. The minimum Gasteiger partial charge on any atom is -0.313 e. The molecule has 0 aliphatic heterocycles. The van der Waals surface area contributed by atoms with Gasteiger partial charge in [-0.25, -0.2) is 0 Å². The summed E-state index contributed by atoms with van der Waals surface area (Å²) in [5, 5.41) is 3.60. The molecule has 0 aromatic rings. The molecule has 0 saturated carbocycles. The summed E-state index contributed by atoms with van der Waals surface area (Å²) in [5.74, 6) is 3.37. The summed E-state index contributed by atoms with van der Waals surface area (Å²) in [4.78, 5) is 0. The second kappa shape index (κ2) is 8.89. The lowest BCUT2D eigenvalue weighted by Crippen LogP contribution is -2.37. The van der Waals surface area contributed by atoms with E-state index in [9.17, 15) is 0 Å². The van der Waals surface area contributed by atoms with Crippen LogP contribution in [-0.4, -0.2) is 24.1 Å². The van der Waals surface area contributed by atoms with Crippen LogP contribution >= 0.6 is 11.8 Å². The first-order chi connectivity index (χ1) is 6.29. The van der Waals surface area contributed by atoms with E-state index in [-0.39, 0.29) is 0 Å². The lowest BCUT2D eigenvalue weighted by molar-refractivity contribution is 0.365. The van der Waals surface area contributed by atoms with E-state index < -0.39 is 0 Å². The van der Waals surface area contributed by atoms with Crippen molar-refractivity contribution < 1.29 is 0 Å². The molecule has 0 heterocycles. The molecule has 1 N–H and O–H groups in total. The molecule has 0 aromatic carbocycles. The number of hydrogen-bond donors (Lipinski definition) is 1. The molecular formula is C11H25NS. The zero-order valence-electron chi connectivity index (χ0n) is 9.60. The summed E-state index contributed by atoms with van der Waals surface area (Å²) in [5.41, 5.74) is 0. The van der Waals surface area contributed by atoms with Crippen molar-refractivity contribution in [3.05, 3.63) is 0 Å². The van der Waals surface area contributed by atoms with Gasteiger partial charge in [0.2, 0.25) is 0 Å². The average molecular weight is 203 g/mol. The molecule has 1 nitrogen and oxygen atoms in total. The van der Waals surface area contributed by atoms with E-state index in [1.165, 1.54) is 24.3 Å². The van der Waals surface area contributed by atoms with Crippen molar-refractivity contribution >= 4 is 11.8 Å². The highest BCUT2D eigenvalue weighted by Crippen LogP contribution is 2.17. The Labute approximate surface area is 88.1 Å². The van der Waals surface area contributed by atoms with Crippen LogP contribution in [0.2, 0.25) is 0 Å². The lowest BCUT2D eigenvalue weighted by atomic mass is 9.95. The van der Waals surface area contributed by atoms with Crippen LogP contribution in [0.25, 0.3) is 0 Å². The van der Waals surface area contributed by atoms with Crippen LogP contribution in [0.5, 0.6) is 0 Å². The van der Waals surface area contributed by atoms with Gasteiger partial charge in [0.1, 0.15) is 0 Å². The van der Waals surface area contributed by atoms with Gasteiger partial charge in [-0.15, -0.1) is 0 Å². The molecule has 0 fully saturated rings. The van der Waals surface area contributed by atoms with Crippen molar-refractivity contribution in [1.82, 2.24) is 5.32 Å². The fourth-order valence-corrected chi connectivity index (χ4v) is 2.61. The quantitative estimate of drug-likeness (QED) is 0.650. The van der Waals surface area contributed by atoms with Crippen LogP contribution in [0.4, 0.5) is 0 Å². The van der Waals surface area contributed by atoms with E-state index in [0.29, 0.717) is 0 Å². The molecule has 0 aliphatic rings. The fraction of sp³-hybridized carbons (Fsp3) is 1.00. The molecule has 0 aromatic heterocycles. The zero-order valence-corrected chi connectivity index (χ0v) is 10.4. The van der Waals surface area contributed by atoms with Gasteiger partial charge in [0.25, 0.3) is 0 Å². The highest BCUT2D eigenvalue weighted by atomic mass is 32.2. The molecule has 0 amide bonds. The first-order valence-corrected chi connectivity index (χ1v) is 6.76. The van der Waals surface area contributed by atoms with Crippen LogP contribution in [-0.2, 0) is 0 Å². The predicted octanol–water partition coefficient (Wildman–Crippen LogP) is 3.15. The van der Waals surface area contributed by atoms with Crippen LogP contribution in [0.3, 0.4) is 0 Å². The van der Waals surface area contributed by atoms with Crippen molar-refractivity contribution in [3.8, 4) is 0 Å². The number of thioether (sulfide) groups is 1. The summed E-state index contributed by atoms with van der Waals surface area (Å²) in [6.45, 7) is 10.1. The topological polar surface area (TPSA) is 12.0 Å². The van der Waals surface area contributed by atoms with Gasteiger partial charge in [0.05, 0.1) is 0 Å². The number of rotatable bonds is 8. The Balaban J connectivity index is 3.88. The Kier molecular flexibility index (Phi) is 9.10. The molecule has 1 unspecified atom stereocenters. The SMILES string of the molecule is CCNC(CSCC)C(CC)CC. The van der Waals surface area contributed by atoms with Crippen molar-refractivity contribution in [1.29, 1.82) is 0 Å². The van der Waals surface area contributed by atoms with E-state index in [0.717, 1.165) is 18.5 Å². The Morgan fingerprint density at radius 2 is 1.69 bits per heavy atom. The molecule has 1 atom stereocenters. The molecule has 2 heteroatoms. The standard InChI is InChI=1S/C11H25NS/c1-5-10(6-2)11(12-7-3)9-13-8-4/h10-12H,5-9H2,1-4H3. The van der Waals surface area contributed by atoms with E-state index in [1.807, 2.05) is 0 Å². The van der Waals surface area contributed by atoms with Crippen molar-refractivity contribution in [2.45, 2.75) is 46.6 Å². The van der Waals surface area contributed by atoms with Crippen molar-refractivity contribution in [2.24, 2.45) is 5.92 Å². The van der Waals surface area contributed by atoms with Crippen LogP contribution < -0.4 is 5.32 Å². The minimum atomic E-state index is 0.727. The van der Waals surface area contributed by atoms with Crippen molar-refractivity contribution in [3.63, 3.8) is 0 Å². The Bertz CT molecular complexity index is 102. The third-order valence-corrected chi connectivity index (χ3v) is 3.59. The molecule has 13 heavy (non-hydrogen) atoms. The Morgan fingerprint density at radius 1 is 1.08 bits per heavy atom. The second-order valence-corrected chi connectivity index (χ2v) is 4.72. The molecular weight excluding hydrogens is 178 g/mol. The first-order valence-electron chi connectivity index (χ1n) is 5.61. The van der Waals surface area contributed by atoms with Crippen LogP contribution in [0.15, 0.2) is 0 Å². The first kappa shape index (κ1) is 13.3. The van der Waals surface area contributed by atoms with E-state index in [4.69, 9.17) is 0 Å². The van der Waals surface area contributed by atoms with Crippen molar-refractivity contribution in [2.75, 3.05) is 18.1 Å². The lowest BCUT2D eigenvalue weighted by Gasteiger charge is -2.25. The van der Waals surface area contributed by atoms with E-state index >= 15 is 0 Å². The van der Waals surface area contributed by atoms with E-state index in [1.54, 1.807) is 0 Å². The van der Waals surface area contributed by atoms with Gasteiger partial charge in [0.15, 0.2) is 0 Å². The Morgan fingerprint density at radius 3 is 2.08 bits per heavy atom. The highest BCUT2D eigenvalue weighted by Gasteiger charge is 2.16. The molecule has 0 spiro atoms. The van der Waals surface area contributed by atoms with Gasteiger partial charge in [0, 0.05) is 11.8 Å². The summed E-state index contributed by atoms with van der Waals surface area (Å²) in [6.07, 6.45) is 2.61. The van der Waals surface area contributed by atoms with Gasteiger partial charge in [-0.2, -0.15) is 11.8 Å². The molecule has 0 radical (unpaired) electrons. The molecule has 0 bridgehead atoms. The smallest absolute Gasteiger partial charge is 0.0186 e. The van der Waals surface area contributed by atoms with E-state index in [2.05, 4.69) is 44.8 Å². The zero-order chi connectivity index (χ0) is 10.1. The van der Waals surface area contributed by atoms with Gasteiger partial charge in [-0.05, 0) is 18.2 Å². The maximum absolute atomic E-state index is 3.60. The fourth-order valence-electron chi connectivity index (χ4n) is 1.73. The number of hydrogen-bond acceptors (Lipinski definition) is 2. The summed E-state index contributed by atoms with van der Waals surface area (Å²) >= 11 is 2.05. The molecule has 0 rings (SSSR count). The summed E-state index contributed by atoms with van der Waals surface area (Å²) in [6, 6.07) is 0.727. The van der Waals surface area contributed by atoms with Gasteiger partial charge >= 0.3 is 0 Å². The van der Waals surface area contributed by atoms with Gasteiger partial charge in [-0.1, -0.05) is 40.5 Å². The van der Waals surface area contributed by atoms with Crippen LogP contribution in [0, 0.1) is 5.92 Å². The van der Waals surface area contributed by atoms with Gasteiger partial charge in [-0.3, -0.25) is 0 Å². The molecule has 0 aliphatic carbocycles. The Hall–Kier alpha value is 0.310. The normalized spacial score (nSPS) is 13.6. The third kappa shape index (κ3) is 5.58. The maximum atomic E-state index is 3.60. The molecule has 0 saturated heterocycles. The summed E-state index contributed by atoms with van der Waals surface area (Å²) in [7, 11) is 0. The summed E-state index contributed by atoms with van der Waals surface area (Å²) < 4.78 is 0. The predicted molar refractivity (Wildman–Crippen MR) is 64.5 cm³/mol. The monoisotopic (exact) mass is 203 g/mol. The molecule has 80 valence electrons. The van der Waals surface area contributed by atoms with Crippen LogP contribution in [0.1, 0.15) is 40.5 Å².